The summed E-state index contributed by atoms with van der Waals surface area (Å²) in [5, 5.41) is 6.50. The molecule has 0 aliphatic carbocycles. The van der Waals surface area contributed by atoms with Crippen LogP contribution in [-0.2, 0) is 17.8 Å². The summed E-state index contributed by atoms with van der Waals surface area (Å²) in [6, 6.07) is 6.20. The van der Waals surface area contributed by atoms with Crippen molar-refractivity contribution in [2.45, 2.75) is 19.4 Å². The molecule has 1 aromatic carbocycles. The van der Waals surface area contributed by atoms with Crippen molar-refractivity contribution < 1.29 is 4.79 Å². The summed E-state index contributed by atoms with van der Waals surface area (Å²) in [4.78, 5) is 14.5. The number of hydrogen-bond acceptors (Lipinski definition) is 3. The molecule has 1 unspecified atom stereocenters. The van der Waals surface area contributed by atoms with Gasteiger partial charge in [0.25, 0.3) is 0 Å². The molecule has 1 fully saturated rings. The van der Waals surface area contributed by atoms with E-state index in [1.807, 2.05) is 12.1 Å². The number of benzene rings is 1. The lowest BCUT2D eigenvalue weighted by Crippen LogP contribution is -2.28. The minimum atomic E-state index is 0.141. The Morgan fingerprint density at radius 2 is 2.37 bits per heavy atom. The zero-order chi connectivity index (χ0) is 13.2. The molecular formula is C15H21N3O. The molecular weight excluding hydrogens is 238 g/mol. The Morgan fingerprint density at radius 3 is 3.16 bits per heavy atom. The van der Waals surface area contributed by atoms with Gasteiger partial charge in [0.1, 0.15) is 0 Å². The molecule has 1 aromatic rings. The number of nitrogens with zero attached hydrogens (tertiary/aromatic N) is 1. The van der Waals surface area contributed by atoms with Crippen LogP contribution in [0.4, 0.5) is 5.69 Å². The maximum atomic E-state index is 12.3. The fraction of sp³-hybridized carbons (Fsp3) is 0.533. The molecule has 1 saturated heterocycles. The van der Waals surface area contributed by atoms with E-state index in [0.717, 1.165) is 44.7 Å². The van der Waals surface area contributed by atoms with Crippen LogP contribution >= 0.6 is 0 Å². The fourth-order valence-electron chi connectivity index (χ4n) is 3.03. The van der Waals surface area contributed by atoms with Gasteiger partial charge in [-0.1, -0.05) is 12.1 Å². The predicted octanol–water partition coefficient (Wildman–Crippen LogP) is 1.22. The number of fused-ring (bicyclic) bond motifs is 1. The number of carbonyl (C=O) groups is 1. The van der Waals surface area contributed by atoms with E-state index in [0.29, 0.717) is 0 Å². The van der Waals surface area contributed by atoms with Crippen LogP contribution in [0.3, 0.4) is 0 Å². The molecule has 2 heterocycles. The molecule has 0 bridgehead atoms. The Kier molecular flexibility index (Phi) is 3.53. The number of hydrogen-bond donors (Lipinski definition) is 2. The lowest BCUT2D eigenvalue weighted by atomic mass is 9.98. The molecule has 0 spiro atoms. The molecule has 4 nitrogen and oxygen atoms in total. The van der Waals surface area contributed by atoms with Crippen LogP contribution in [0.5, 0.6) is 0 Å². The SMILES string of the molecule is CN1CCC(C(=O)Nc2cccc3c2CCNC3)C1. The standard InChI is InChI=1S/C15H21N3O/c1-18-8-6-12(10-18)15(19)17-14-4-2-3-11-9-16-7-5-13(11)14/h2-4,12,16H,5-10H2,1H3,(H,17,19). The first-order chi connectivity index (χ1) is 9.24. The lowest BCUT2D eigenvalue weighted by Gasteiger charge is -2.21. The third-order valence-electron chi connectivity index (χ3n) is 4.16. The largest absolute Gasteiger partial charge is 0.326 e. The van der Waals surface area contributed by atoms with E-state index in [-0.39, 0.29) is 11.8 Å². The minimum absolute atomic E-state index is 0.141. The third-order valence-corrected chi connectivity index (χ3v) is 4.16. The summed E-state index contributed by atoms with van der Waals surface area (Å²) < 4.78 is 0. The van der Waals surface area contributed by atoms with Gasteiger partial charge in [-0.15, -0.1) is 0 Å². The molecule has 1 amide bonds. The smallest absolute Gasteiger partial charge is 0.228 e. The number of amides is 1. The first-order valence-electron chi connectivity index (χ1n) is 7.05. The average molecular weight is 259 g/mol. The van der Waals surface area contributed by atoms with Crippen LogP contribution in [0.15, 0.2) is 18.2 Å². The molecule has 102 valence electrons. The van der Waals surface area contributed by atoms with E-state index in [1.165, 1.54) is 11.1 Å². The molecule has 19 heavy (non-hydrogen) atoms. The van der Waals surface area contributed by atoms with Gasteiger partial charge in [0, 0.05) is 18.8 Å². The van der Waals surface area contributed by atoms with Gasteiger partial charge in [-0.25, -0.2) is 0 Å². The van der Waals surface area contributed by atoms with E-state index in [9.17, 15) is 4.79 Å². The Balaban J connectivity index is 1.74. The average Bonchev–Trinajstić information content (AvgIpc) is 2.86. The molecule has 1 atom stereocenters. The molecule has 4 heteroatoms. The van der Waals surface area contributed by atoms with Crippen LogP contribution in [0.1, 0.15) is 17.5 Å². The van der Waals surface area contributed by atoms with Gasteiger partial charge in [-0.05, 0) is 50.2 Å². The Morgan fingerprint density at radius 1 is 1.47 bits per heavy atom. The zero-order valence-corrected chi connectivity index (χ0v) is 11.4. The number of likely N-dealkylation sites (tertiary alicyclic amines) is 1. The van der Waals surface area contributed by atoms with E-state index in [1.54, 1.807) is 0 Å². The molecule has 2 aliphatic heterocycles. The van der Waals surface area contributed by atoms with E-state index >= 15 is 0 Å². The van der Waals surface area contributed by atoms with Crippen molar-refractivity contribution >= 4 is 11.6 Å². The topological polar surface area (TPSA) is 44.4 Å². The number of anilines is 1. The maximum absolute atomic E-state index is 12.3. The Labute approximate surface area is 114 Å². The van der Waals surface area contributed by atoms with E-state index in [4.69, 9.17) is 0 Å². The van der Waals surface area contributed by atoms with Crippen LogP contribution in [-0.4, -0.2) is 37.5 Å². The van der Waals surface area contributed by atoms with Crippen molar-refractivity contribution in [3.8, 4) is 0 Å². The monoisotopic (exact) mass is 259 g/mol. The van der Waals surface area contributed by atoms with Crippen LogP contribution < -0.4 is 10.6 Å². The molecule has 2 N–H and O–H groups in total. The minimum Gasteiger partial charge on any atom is -0.326 e. The number of rotatable bonds is 2. The summed E-state index contributed by atoms with van der Waals surface area (Å²) in [6.45, 7) is 3.80. The van der Waals surface area contributed by atoms with Crippen LogP contribution in [0, 0.1) is 5.92 Å². The highest BCUT2D eigenvalue weighted by Gasteiger charge is 2.26. The second-order valence-electron chi connectivity index (χ2n) is 5.61. The van der Waals surface area contributed by atoms with Crippen molar-refractivity contribution in [2.75, 3.05) is 32.0 Å². The van der Waals surface area contributed by atoms with E-state index in [2.05, 4.69) is 28.6 Å². The summed E-state index contributed by atoms with van der Waals surface area (Å²) in [6.07, 6.45) is 1.97. The summed E-state index contributed by atoms with van der Waals surface area (Å²) in [5.41, 5.74) is 3.63. The van der Waals surface area contributed by atoms with Gasteiger partial charge in [0.15, 0.2) is 0 Å². The third kappa shape index (κ3) is 2.65. The first-order valence-corrected chi connectivity index (χ1v) is 7.05. The van der Waals surface area contributed by atoms with Crippen LogP contribution in [0.25, 0.3) is 0 Å². The van der Waals surface area contributed by atoms with Crippen molar-refractivity contribution in [1.29, 1.82) is 0 Å². The molecule has 0 aromatic heterocycles. The first kappa shape index (κ1) is 12.6. The second-order valence-corrected chi connectivity index (χ2v) is 5.61. The number of nitrogens with one attached hydrogen (secondary N) is 2. The van der Waals surface area contributed by atoms with Gasteiger partial charge in [-0.2, -0.15) is 0 Å². The van der Waals surface area contributed by atoms with Gasteiger partial charge in [0.2, 0.25) is 5.91 Å². The van der Waals surface area contributed by atoms with Crippen molar-refractivity contribution in [1.82, 2.24) is 10.2 Å². The van der Waals surface area contributed by atoms with Crippen molar-refractivity contribution in [2.24, 2.45) is 5.92 Å². The summed E-state index contributed by atoms with van der Waals surface area (Å²) >= 11 is 0. The quantitative estimate of drug-likeness (QED) is 0.839. The van der Waals surface area contributed by atoms with Crippen molar-refractivity contribution in [3.63, 3.8) is 0 Å². The summed E-state index contributed by atoms with van der Waals surface area (Å²) in [5.74, 6) is 0.318. The Bertz CT molecular complexity index is 486. The second kappa shape index (κ2) is 5.31. The van der Waals surface area contributed by atoms with Crippen LogP contribution in [0.2, 0.25) is 0 Å². The van der Waals surface area contributed by atoms with Gasteiger partial charge in [0.05, 0.1) is 5.92 Å². The lowest BCUT2D eigenvalue weighted by molar-refractivity contribution is -0.119. The number of carbonyl (C=O) groups excluding carboxylic acids is 1. The normalized spacial score (nSPS) is 23.1. The molecule has 3 rings (SSSR count). The Hall–Kier alpha value is -1.39. The highest BCUT2D eigenvalue weighted by Crippen LogP contribution is 2.24. The van der Waals surface area contributed by atoms with Gasteiger partial charge >= 0.3 is 0 Å². The fourth-order valence-corrected chi connectivity index (χ4v) is 3.03. The highest BCUT2D eigenvalue weighted by atomic mass is 16.1. The maximum Gasteiger partial charge on any atom is 0.228 e. The molecule has 0 radical (unpaired) electrons. The summed E-state index contributed by atoms with van der Waals surface area (Å²) in [7, 11) is 2.07. The predicted molar refractivity (Wildman–Crippen MR) is 76.1 cm³/mol. The molecule has 0 saturated carbocycles. The molecule has 2 aliphatic rings. The highest BCUT2D eigenvalue weighted by molar-refractivity contribution is 5.93. The van der Waals surface area contributed by atoms with Crippen molar-refractivity contribution in [3.05, 3.63) is 29.3 Å². The zero-order valence-electron chi connectivity index (χ0n) is 11.4. The van der Waals surface area contributed by atoms with Gasteiger partial charge < -0.3 is 15.5 Å². The van der Waals surface area contributed by atoms with E-state index < -0.39 is 0 Å². The van der Waals surface area contributed by atoms with Gasteiger partial charge in [-0.3, -0.25) is 4.79 Å².